The van der Waals surface area contributed by atoms with E-state index < -0.39 is 0 Å². The van der Waals surface area contributed by atoms with E-state index in [0.717, 1.165) is 28.9 Å². The highest BCUT2D eigenvalue weighted by atomic mass is 32.1. The molecule has 5 nitrogen and oxygen atoms in total. The number of nitrogens with one attached hydrogen (secondary N) is 1. The van der Waals surface area contributed by atoms with Crippen LogP contribution in [0.1, 0.15) is 16.9 Å². The van der Waals surface area contributed by atoms with Crippen LogP contribution in [0.2, 0.25) is 0 Å². The second-order valence-electron chi connectivity index (χ2n) is 6.15. The van der Waals surface area contributed by atoms with E-state index in [4.69, 9.17) is 0 Å². The lowest BCUT2D eigenvalue weighted by atomic mass is 10.2. The van der Waals surface area contributed by atoms with Gasteiger partial charge in [0.05, 0.1) is 11.9 Å². The SMILES string of the molecule is CN(CC(=O)Nc1ccc(F)cc1)c1ncnc2sc3c(c12)CCC3. The van der Waals surface area contributed by atoms with Crippen LogP contribution in [0, 0.1) is 5.82 Å². The number of aryl methyl sites for hydroxylation is 2. The zero-order chi connectivity index (χ0) is 17.4. The number of benzene rings is 1. The summed E-state index contributed by atoms with van der Waals surface area (Å²) in [6.07, 6.45) is 4.87. The molecule has 1 aliphatic rings. The molecule has 1 N–H and O–H groups in total. The average Bonchev–Trinajstić information content (AvgIpc) is 3.17. The smallest absolute Gasteiger partial charge is 0.243 e. The first-order valence-electron chi connectivity index (χ1n) is 8.13. The monoisotopic (exact) mass is 356 g/mol. The van der Waals surface area contributed by atoms with Crippen molar-refractivity contribution in [3.05, 3.63) is 46.9 Å². The van der Waals surface area contributed by atoms with Crippen molar-refractivity contribution >= 4 is 39.0 Å². The van der Waals surface area contributed by atoms with Crippen molar-refractivity contribution in [1.82, 2.24) is 9.97 Å². The first kappa shape index (κ1) is 16.0. The fourth-order valence-electron chi connectivity index (χ4n) is 3.23. The molecule has 0 unspecified atom stereocenters. The number of rotatable bonds is 4. The summed E-state index contributed by atoms with van der Waals surface area (Å²) in [4.78, 5) is 25.3. The molecule has 2 aromatic heterocycles. The Balaban J connectivity index is 1.55. The molecule has 25 heavy (non-hydrogen) atoms. The summed E-state index contributed by atoms with van der Waals surface area (Å²) in [6.45, 7) is 0.161. The quantitative estimate of drug-likeness (QED) is 0.778. The Morgan fingerprint density at radius 2 is 2.08 bits per heavy atom. The number of carbonyl (C=O) groups is 1. The van der Waals surface area contributed by atoms with Gasteiger partial charge in [0.2, 0.25) is 5.91 Å². The number of nitrogens with zero attached hydrogens (tertiary/aromatic N) is 3. The number of likely N-dealkylation sites (N-methyl/N-ethyl adjacent to an activating group) is 1. The van der Waals surface area contributed by atoms with Crippen LogP contribution in [0.3, 0.4) is 0 Å². The molecule has 0 saturated heterocycles. The van der Waals surface area contributed by atoms with Crippen molar-refractivity contribution in [3.8, 4) is 0 Å². The van der Waals surface area contributed by atoms with Gasteiger partial charge in [0, 0.05) is 17.6 Å². The zero-order valence-corrected chi connectivity index (χ0v) is 14.6. The highest BCUT2D eigenvalue weighted by molar-refractivity contribution is 7.19. The minimum absolute atomic E-state index is 0.161. The summed E-state index contributed by atoms with van der Waals surface area (Å²) in [6, 6.07) is 5.73. The average molecular weight is 356 g/mol. The van der Waals surface area contributed by atoms with E-state index in [1.807, 2.05) is 11.9 Å². The lowest BCUT2D eigenvalue weighted by molar-refractivity contribution is -0.114. The Labute approximate surface area is 148 Å². The van der Waals surface area contributed by atoms with E-state index in [0.29, 0.717) is 5.69 Å². The maximum atomic E-state index is 12.9. The fraction of sp³-hybridized carbons (Fsp3) is 0.278. The molecule has 1 amide bonds. The maximum absolute atomic E-state index is 12.9. The van der Waals surface area contributed by atoms with Gasteiger partial charge in [0.25, 0.3) is 0 Å². The van der Waals surface area contributed by atoms with Crippen molar-refractivity contribution in [2.45, 2.75) is 19.3 Å². The summed E-state index contributed by atoms with van der Waals surface area (Å²) >= 11 is 1.73. The molecular formula is C18H17FN4OS. The highest BCUT2D eigenvalue weighted by Crippen LogP contribution is 2.39. The van der Waals surface area contributed by atoms with Crippen LogP contribution in [-0.2, 0) is 17.6 Å². The topological polar surface area (TPSA) is 58.1 Å². The molecule has 3 aromatic rings. The van der Waals surface area contributed by atoms with Crippen LogP contribution >= 0.6 is 11.3 Å². The lowest BCUT2D eigenvalue weighted by Crippen LogP contribution is -2.30. The molecule has 0 fully saturated rings. The second kappa shape index (κ2) is 6.40. The molecule has 7 heteroatoms. The molecule has 0 saturated carbocycles. The van der Waals surface area contributed by atoms with Crippen molar-refractivity contribution in [2.24, 2.45) is 0 Å². The number of fused-ring (bicyclic) bond motifs is 3. The number of hydrogen-bond donors (Lipinski definition) is 1. The van der Waals surface area contributed by atoms with E-state index in [-0.39, 0.29) is 18.3 Å². The van der Waals surface area contributed by atoms with Crippen molar-refractivity contribution in [2.75, 3.05) is 23.8 Å². The number of carbonyl (C=O) groups excluding carboxylic acids is 1. The van der Waals surface area contributed by atoms with E-state index >= 15 is 0 Å². The molecule has 128 valence electrons. The van der Waals surface area contributed by atoms with Gasteiger partial charge in [-0.1, -0.05) is 0 Å². The summed E-state index contributed by atoms with van der Waals surface area (Å²) in [5.74, 6) is 0.288. The number of hydrogen-bond acceptors (Lipinski definition) is 5. The molecule has 0 spiro atoms. The molecule has 2 heterocycles. The van der Waals surface area contributed by atoms with Crippen LogP contribution in [0.25, 0.3) is 10.2 Å². The van der Waals surface area contributed by atoms with Crippen LogP contribution in [-0.4, -0.2) is 29.5 Å². The Morgan fingerprint density at radius 3 is 2.88 bits per heavy atom. The number of aromatic nitrogens is 2. The molecule has 0 aliphatic heterocycles. The largest absolute Gasteiger partial charge is 0.350 e. The molecule has 1 aromatic carbocycles. The number of anilines is 2. The Morgan fingerprint density at radius 1 is 1.28 bits per heavy atom. The van der Waals surface area contributed by atoms with E-state index in [2.05, 4.69) is 15.3 Å². The molecule has 0 radical (unpaired) electrons. The van der Waals surface area contributed by atoms with Gasteiger partial charge in [-0.05, 0) is 49.1 Å². The third kappa shape index (κ3) is 3.07. The van der Waals surface area contributed by atoms with Gasteiger partial charge in [-0.15, -0.1) is 11.3 Å². The van der Waals surface area contributed by atoms with E-state index in [9.17, 15) is 9.18 Å². The minimum atomic E-state index is -0.329. The predicted molar refractivity (Wildman–Crippen MR) is 97.7 cm³/mol. The number of amides is 1. The first-order chi connectivity index (χ1) is 12.1. The van der Waals surface area contributed by atoms with Crippen LogP contribution in [0.4, 0.5) is 15.9 Å². The first-order valence-corrected chi connectivity index (χ1v) is 8.95. The van der Waals surface area contributed by atoms with E-state index in [1.54, 1.807) is 29.8 Å². The number of thiophene rings is 1. The van der Waals surface area contributed by atoms with Gasteiger partial charge >= 0.3 is 0 Å². The van der Waals surface area contributed by atoms with Crippen molar-refractivity contribution in [3.63, 3.8) is 0 Å². The molecule has 1 aliphatic carbocycles. The van der Waals surface area contributed by atoms with Gasteiger partial charge < -0.3 is 10.2 Å². The molecular weight excluding hydrogens is 339 g/mol. The minimum Gasteiger partial charge on any atom is -0.350 e. The highest BCUT2D eigenvalue weighted by Gasteiger charge is 2.23. The third-order valence-corrected chi connectivity index (χ3v) is 5.55. The number of halogens is 1. The van der Waals surface area contributed by atoms with Crippen LogP contribution in [0.5, 0.6) is 0 Å². The van der Waals surface area contributed by atoms with Gasteiger partial charge in [-0.25, -0.2) is 14.4 Å². The van der Waals surface area contributed by atoms with Gasteiger partial charge in [0.1, 0.15) is 22.8 Å². The molecule has 0 atom stereocenters. The standard InChI is InChI=1S/C18H17FN4OS/c1-23(9-15(24)22-12-7-5-11(19)6-8-12)17-16-13-3-2-4-14(13)25-18(16)21-10-20-17/h5-8,10H,2-4,9H2,1H3,(H,22,24). The van der Waals surface area contributed by atoms with Crippen molar-refractivity contribution < 1.29 is 9.18 Å². The predicted octanol–water partition coefficient (Wildman–Crippen LogP) is 3.39. The van der Waals surface area contributed by atoms with Crippen molar-refractivity contribution in [1.29, 1.82) is 0 Å². The Bertz CT molecular complexity index is 938. The normalized spacial score (nSPS) is 13.0. The van der Waals surface area contributed by atoms with Gasteiger partial charge in [0.15, 0.2) is 0 Å². The lowest BCUT2D eigenvalue weighted by Gasteiger charge is -2.19. The zero-order valence-electron chi connectivity index (χ0n) is 13.8. The summed E-state index contributed by atoms with van der Waals surface area (Å²) in [5, 5.41) is 3.86. The summed E-state index contributed by atoms with van der Waals surface area (Å²) in [7, 11) is 1.85. The van der Waals surface area contributed by atoms with Crippen LogP contribution in [0.15, 0.2) is 30.6 Å². The van der Waals surface area contributed by atoms with Gasteiger partial charge in [-0.2, -0.15) is 0 Å². The Kier molecular flexibility index (Phi) is 4.09. The molecule has 4 rings (SSSR count). The van der Waals surface area contributed by atoms with Gasteiger partial charge in [-0.3, -0.25) is 4.79 Å². The third-order valence-electron chi connectivity index (χ3n) is 4.35. The summed E-state index contributed by atoms with van der Waals surface area (Å²) < 4.78 is 12.9. The van der Waals surface area contributed by atoms with Crippen LogP contribution < -0.4 is 10.2 Å². The van der Waals surface area contributed by atoms with E-state index in [1.165, 1.54) is 29.0 Å². The fourth-order valence-corrected chi connectivity index (χ4v) is 4.45. The second-order valence-corrected chi connectivity index (χ2v) is 7.23. The maximum Gasteiger partial charge on any atom is 0.243 e. The Hall–Kier alpha value is -2.54. The molecule has 0 bridgehead atoms. The summed E-state index contributed by atoms with van der Waals surface area (Å²) in [5.41, 5.74) is 1.91.